The Morgan fingerprint density at radius 1 is 0.258 bits per heavy atom. The molecule has 11 aromatic carbocycles. The minimum absolute atomic E-state index is 1.12. The van der Waals surface area contributed by atoms with Crippen LogP contribution in [-0.2, 0) is 0 Å². The van der Waals surface area contributed by atoms with Crippen LogP contribution >= 0.6 is 22.7 Å². The second kappa shape index (κ2) is 14.8. The molecule has 0 aliphatic heterocycles. The van der Waals surface area contributed by atoms with Crippen LogP contribution in [0, 0.1) is 0 Å². The average Bonchev–Trinajstić information content (AvgIpc) is 3.97. The molecule has 0 aliphatic rings. The molecule has 308 valence electrons. The molecule has 3 heterocycles. The molecular weight excluding hydrogens is 837 g/mol. The van der Waals surface area contributed by atoms with Crippen molar-refractivity contribution in [2.75, 3.05) is 0 Å². The van der Waals surface area contributed by atoms with E-state index in [0.29, 0.717) is 0 Å². The number of rotatable bonds is 4. The van der Waals surface area contributed by atoms with Crippen LogP contribution in [0.5, 0.6) is 0 Å². The van der Waals surface area contributed by atoms with Crippen molar-refractivity contribution in [3.8, 4) is 33.6 Å². The van der Waals surface area contributed by atoms with Gasteiger partial charge in [-0.1, -0.05) is 158 Å². The van der Waals surface area contributed by atoms with Crippen LogP contribution in [0.2, 0.25) is 0 Å². The quantitative estimate of drug-likeness (QED) is 0.167. The van der Waals surface area contributed by atoms with Gasteiger partial charge in [0.1, 0.15) is 0 Å². The highest BCUT2D eigenvalue weighted by atomic mass is 32.1. The van der Waals surface area contributed by atoms with Crippen molar-refractivity contribution in [2.24, 2.45) is 0 Å². The highest BCUT2D eigenvalue weighted by molar-refractivity contribution is 7.26. The summed E-state index contributed by atoms with van der Waals surface area (Å²) < 4.78 is 9.95. The van der Waals surface area contributed by atoms with E-state index in [1.807, 2.05) is 22.7 Å². The van der Waals surface area contributed by atoms with Gasteiger partial charge in [-0.3, -0.25) is 0 Å². The number of thiophene rings is 2. The molecule has 2 nitrogen and oxygen atoms in total. The van der Waals surface area contributed by atoms with Crippen molar-refractivity contribution in [3.05, 3.63) is 231 Å². The van der Waals surface area contributed by atoms with E-state index in [0.717, 1.165) is 22.4 Å². The third-order valence-corrected chi connectivity index (χ3v) is 16.1. The molecule has 0 atom stereocenters. The fourth-order valence-corrected chi connectivity index (χ4v) is 13.0. The molecule has 0 bridgehead atoms. The lowest BCUT2D eigenvalue weighted by Gasteiger charge is -2.19. The topological polar surface area (TPSA) is 9.86 Å². The molecule has 0 radical (unpaired) electrons. The molecule has 0 spiro atoms. The zero-order valence-corrected chi connectivity index (χ0v) is 37.3. The first-order valence-electron chi connectivity index (χ1n) is 22.5. The van der Waals surface area contributed by atoms with Gasteiger partial charge in [0.15, 0.2) is 0 Å². The highest BCUT2D eigenvalue weighted by Gasteiger charge is 2.18. The van der Waals surface area contributed by atoms with Gasteiger partial charge in [0.25, 0.3) is 0 Å². The van der Waals surface area contributed by atoms with Crippen molar-refractivity contribution in [2.45, 2.75) is 0 Å². The predicted molar refractivity (Wildman–Crippen MR) is 287 cm³/mol. The monoisotopic (exact) mass is 874 g/mol. The molecule has 14 rings (SSSR count). The van der Waals surface area contributed by atoms with E-state index >= 15 is 0 Å². The fourth-order valence-electron chi connectivity index (χ4n) is 10.6. The van der Waals surface area contributed by atoms with Gasteiger partial charge < -0.3 is 9.13 Å². The van der Waals surface area contributed by atoms with Gasteiger partial charge in [0.05, 0.1) is 11.0 Å². The number of hydrogen-bond donors (Lipinski definition) is 0. The second-order valence-corrected chi connectivity index (χ2v) is 19.3. The van der Waals surface area contributed by atoms with Gasteiger partial charge in [0.2, 0.25) is 0 Å². The molecule has 0 saturated heterocycles. The summed E-state index contributed by atoms with van der Waals surface area (Å²) in [4.78, 5) is 0. The summed E-state index contributed by atoms with van der Waals surface area (Å²) in [5.41, 5.74) is 9.45. The molecule has 0 saturated carbocycles. The number of para-hydroxylation sites is 2. The van der Waals surface area contributed by atoms with Crippen molar-refractivity contribution in [3.63, 3.8) is 0 Å². The number of hydrogen-bond acceptors (Lipinski definition) is 2. The average molecular weight is 875 g/mol. The summed E-state index contributed by atoms with van der Waals surface area (Å²) in [5, 5.41) is 15.0. The summed E-state index contributed by atoms with van der Waals surface area (Å²) in [7, 11) is 0. The smallest absolute Gasteiger partial charge is 0.0703 e. The van der Waals surface area contributed by atoms with Crippen molar-refractivity contribution in [1.29, 1.82) is 0 Å². The van der Waals surface area contributed by atoms with Crippen LogP contribution in [0.1, 0.15) is 0 Å². The van der Waals surface area contributed by atoms with Crippen molar-refractivity contribution in [1.82, 2.24) is 9.13 Å². The lowest BCUT2D eigenvalue weighted by Crippen LogP contribution is -2.04. The molecular formula is C62H38N2S2. The van der Waals surface area contributed by atoms with Gasteiger partial charge in [-0.25, -0.2) is 0 Å². The van der Waals surface area contributed by atoms with Crippen LogP contribution in [0.25, 0.3) is 128 Å². The van der Waals surface area contributed by atoms with Gasteiger partial charge in [-0.15, -0.1) is 22.7 Å². The number of aromatic nitrogens is 2. The van der Waals surface area contributed by atoms with E-state index in [1.165, 1.54) is 106 Å². The third kappa shape index (κ3) is 5.72. The standard InChI is InChI=1S/C62H38N2S2/c1-3-15-41(16-4-1)63-33-34-64(42-17-5-2-6-18-42)58-38-56-48-32-30-40(44-24-14-26-52-50-22-10-12-28-60(50)66-62(44)52)36-54(48)53-35-39(43-23-13-25-51-49-21-9-11-27-59(49)65-61(43)51)29-31-47(53)45-19-7-8-20-46(45)55(56)37-57(58)63/h1-38H. The summed E-state index contributed by atoms with van der Waals surface area (Å²) in [6.07, 6.45) is 4.41. The summed E-state index contributed by atoms with van der Waals surface area (Å²) >= 11 is 3.78. The first-order valence-corrected chi connectivity index (χ1v) is 24.1. The zero-order valence-electron chi connectivity index (χ0n) is 35.7. The van der Waals surface area contributed by atoms with E-state index in [4.69, 9.17) is 0 Å². The maximum Gasteiger partial charge on any atom is 0.0703 e. The normalized spacial score (nSPS) is 11.9. The molecule has 0 N–H and O–H groups in total. The Morgan fingerprint density at radius 2 is 0.621 bits per heavy atom. The van der Waals surface area contributed by atoms with Crippen molar-refractivity contribution < 1.29 is 0 Å². The third-order valence-electron chi connectivity index (χ3n) is 13.6. The number of fused-ring (bicyclic) bond motifs is 15. The predicted octanol–water partition coefficient (Wildman–Crippen LogP) is 18.2. The summed E-state index contributed by atoms with van der Waals surface area (Å²) in [6, 6.07) is 81.1. The minimum atomic E-state index is 1.12. The molecule has 3 aromatic heterocycles. The Hall–Kier alpha value is -8.02. The lowest BCUT2D eigenvalue weighted by molar-refractivity contribution is 1.01. The van der Waals surface area contributed by atoms with Gasteiger partial charge in [0, 0.05) is 64.1 Å². The largest absolute Gasteiger partial charge is 0.314 e. The first kappa shape index (κ1) is 37.4. The molecule has 0 aliphatic carbocycles. The van der Waals surface area contributed by atoms with Crippen LogP contribution in [0.3, 0.4) is 0 Å². The molecule has 0 fully saturated rings. The zero-order chi connectivity index (χ0) is 43.3. The summed E-state index contributed by atoms with van der Waals surface area (Å²) in [5.74, 6) is 0. The van der Waals surface area contributed by atoms with Gasteiger partial charge in [-0.05, 0) is 126 Å². The van der Waals surface area contributed by atoms with Crippen LogP contribution < -0.4 is 0 Å². The Balaban J connectivity index is 1.16. The van der Waals surface area contributed by atoms with Crippen LogP contribution in [-0.4, -0.2) is 9.13 Å². The number of benzene rings is 10. The molecule has 0 amide bonds. The first-order chi connectivity index (χ1) is 32.7. The van der Waals surface area contributed by atoms with E-state index < -0.39 is 0 Å². The second-order valence-electron chi connectivity index (χ2n) is 17.2. The Bertz CT molecular complexity index is 4340. The van der Waals surface area contributed by atoms with Crippen molar-refractivity contribution >= 4 is 117 Å². The van der Waals surface area contributed by atoms with E-state index in [-0.39, 0.29) is 0 Å². The Morgan fingerprint density at radius 3 is 1.11 bits per heavy atom. The fraction of sp³-hybridized carbons (Fsp3) is 0. The SMILES string of the molecule is c1ccc(-n2ccn(-c3ccccc3)c3cc4c5ccc(-c6cccc7c6sc6ccccc67)cc5c5cc(-c6cccc7c6sc6ccccc67)ccc5c5ccccc5c4cc32)cc1. The maximum atomic E-state index is 2.49. The maximum absolute atomic E-state index is 2.49. The van der Waals surface area contributed by atoms with E-state index in [1.54, 1.807) is 0 Å². The van der Waals surface area contributed by atoms with Crippen LogP contribution in [0.15, 0.2) is 231 Å². The molecule has 66 heavy (non-hydrogen) atoms. The molecule has 0 unspecified atom stereocenters. The Kier molecular flexibility index (Phi) is 8.36. The van der Waals surface area contributed by atoms with Crippen LogP contribution in [0.4, 0.5) is 0 Å². The highest BCUT2D eigenvalue weighted by Crippen LogP contribution is 2.45. The molecule has 4 heteroatoms. The van der Waals surface area contributed by atoms with Gasteiger partial charge in [-0.2, -0.15) is 0 Å². The lowest BCUT2D eigenvalue weighted by atomic mass is 9.90. The number of nitrogens with zero attached hydrogens (tertiary/aromatic N) is 2. The minimum Gasteiger partial charge on any atom is -0.314 e. The van der Waals surface area contributed by atoms with E-state index in [2.05, 4.69) is 240 Å². The molecule has 14 aromatic rings. The van der Waals surface area contributed by atoms with Gasteiger partial charge >= 0.3 is 0 Å². The summed E-state index contributed by atoms with van der Waals surface area (Å²) in [6.45, 7) is 0. The van der Waals surface area contributed by atoms with E-state index in [9.17, 15) is 0 Å². The Labute approximate surface area is 388 Å².